The van der Waals surface area contributed by atoms with Crippen LogP contribution in [0.2, 0.25) is 0 Å². The average Bonchev–Trinajstić information content (AvgIpc) is 2.95. The van der Waals surface area contributed by atoms with Gasteiger partial charge in [-0.05, 0) is 46.8 Å². The Morgan fingerprint density at radius 2 is 1.65 bits per heavy atom. The van der Waals surface area contributed by atoms with Crippen LogP contribution in [0, 0.1) is 19.8 Å². The molecule has 26 heavy (non-hydrogen) atoms. The first-order chi connectivity index (χ1) is 12.1. The molecule has 0 N–H and O–H groups in total. The van der Waals surface area contributed by atoms with Gasteiger partial charge in [0, 0.05) is 61.8 Å². The van der Waals surface area contributed by atoms with E-state index in [-0.39, 0.29) is 23.3 Å². The van der Waals surface area contributed by atoms with Crippen molar-refractivity contribution in [3.8, 4) is 0 Å². The van der Waals surface area contributed by atoms with Gasteiger partial charge in [-0.15, -0.1) is 0 Å². The predicted octanol–water partition coefficient (Wildman–Crippen LogP) is 1.99. The molecular weight excluding hydrogens is 328 g/mol. The molecule has 2 aliphatic heterocycles. The summed E-state index contributed by atoms with van der Waals surface area (Å²) in [5, 5.41) is 0. The lowest BCUT2D eigenvalue weighted by atomic mass is 10.1. The molecule has 0 unspecified atom stereocenters. The minimum absolute atomic E-state index is 0.0946. The Balaban J connectivity index is 1.60. The molecule has 142 valence electrons. The van der Waals surface area contributed by atoms with Crippen LogP contribution >= 0.6 is 0 Å². The summed E-state index contributed by atoms with van der Waals surface area (Å²) in [5.74, 6) is 0.0303. The van der Waals surface area contributed by atoms with Crippen LogP contribution in [0.1, 0.15) is 38.6 Å². The first-order valence-electron chi connectivity index (χ1n) is 9.44. The summed E-state index contributed by atoms with van der Waals surface area (Å²) >= 11 is 0. The molecule has 0 aliphatic carbocycles. The molecule has 0 aromatic carbocycles. The third-order valence-corrected chi connectivity index (χ3v) is 5.31. The van der Waals surface area contributed by atoms with Gasteiger partial charge in [0.2, 0.25) is 11.8 Å². The van der Waals surface area contributed by atoms with E-state index >= 15 is 0 Å². The van der Waals surface area contributed by atoms with Crippen LogP contribution in [-0.2, 0) is 9.59 Å². The molecule has 1 aromatic heterocycles. The summed E-state index contributed by atoms with van der Waals surface area (Å²) in [6.07, 6.45) is 0.346. The predicted molar refractivity (Wildman–Crippen MR) is 102 cm³/mol. The van der Waals surface area contributed by atoms with E-state index in [0.29, 0.717) is 26.1 Å². The highest BCUT2D eigenvalue weighted by Crippen LogP contribution is 2.27. The minimum atomic E-state index is -0.220. The molecular formula is C20H30N4O2. The lowest BCUT2D eigenvalue weighted by Crippen LogP contribution is -2.51. The molecule has 1 atom stereocenters. The fraction of sp³-hybridized carbons (Fsp3) is 0.650. The van der Waals surface area contributed by atoms with Gasteiger partial charge in [0.25, 0.3) is 0 Å². The van der Waals surface area contributed by atoms with Gasteiger partial charge in [-0.2, -0.15) is 0 Å². The Labute approximate surface area is 156 Å². The number of amides is 2. The second-order valence-electron chi connectivity index (χ2n) is 8.50. The fourth-order valence-electron chi connectivity index (χ4n) is 3.96. The number of nitrogens with zero attached hydrogens (tertiary/aromatic N) is 4. The molecule has 0 spiro atoms. The molecule has 1 aromatic rings. The average molecular weight is 358 g/mol. The Kier molecular flexibility index (Phi) is 4.95. The van der Waals surface area contributed by atoms with Crippen molar-refractivity contribution in [1.82, 2.24) is 14.8 Å². The van der Waals surface area contributed by atoms with E-state index in [4.69, 9.17) is 0 Å². The smallest absolute Gasteiger partial charge is 0.228 e. The molecule has 2 saturated heterocycles. The standard InChI is InChI=1S/C20H30N4O2/c1-14-10-17(11-15(2)21-14)22-6-8-23(9-7-22)19(26)16-12-18(25)24(13-16)20(3,4)5/h10-11,16H,6-9,12-13H2,1-5H3/t16-/m1/s1. The Morgan fingerprint density at radius 3 is 2.15 bits per heavy atom. The van der Waals surface area contributed by atoms with Crippen LogP contribution in [0.25, 0.3) is 0 Å². The number of likely N-dealkylation sites (tertiary alicyclic amines) is 1. The molecule has 0 bridgehead atoms. The summed E-state index contributed by atoms with van der Waals surface area (Å²) in [7, 11) is 0. The first-order valence-corrected chi connectivity index (χ1v) is 9.44. The topological polar surface area (TPSA) is 56.8 Å². The third kappa shape index (κ3) is 3.84. The largest absolute Gasteiger partial charge is 0.368 e. The molecule has 6 heteroatoms. The summed E-state index contributed by atoms with van der Waals surface area (Å²) < 4.78 is 0. The highest BCUT2D eigenvalue weighted by Gasteiger charge is 2.41. The number of hydrogen-bond donors (Lipinski definition) is 0. The number of hydrogen-bond acceptors (Lipinski definition) is 4. The summed E-state index contributed by atoms with van der Waals surface area (Å²) in [6, 6.07) is 4.20. The van der Waals surface area contributed by atoms with Crippen LogP contribution in [0.3, 0.4) is 0 Å². The maximum absolute atomic E-state index is 12.9. The van der Waals surface area contributed by atoms with Gasteiger partial charge in [-0.25, -0.2) is 0 Å². The van der Waals surface area contributed by atoms with Crippen molar-refractivity contribution in [1.29, 1.82) is 0 Å². The van der Waals surface area contributed by atoms with E-state index in [1.165, 1.54) is 5.69 Å². The van der Waals surface area contributed by atoms with Crippen molar-refractivity contribution in [3.63, 3.8) is 0 Å². The molecule has 2 fully saturated rings. The summed E-state index contributed by atoms with van der Waals surface area (Å²) in [6.45, 7) is 13.7. The van der Waals surface area contributed by atoms with Crippen molar-refractivity contribution >= 4 is 17.5 Å². The normalized spacial score (nSPS) is 21.5. The minimum Gasteiger partial charge on any atom is -0.368 e. The monoisotopic (exact) mass is 358 g/mol. The number of anilines is 1. The van der Waals surface area contributed by atoms with Crippen LogP contribution in [0.4, 0.5) is 5.69 Å². The van der Waals surface area contributed by atoms with Gasteiger partial charge in [0.1, 0.15) is 0 Å². The Bertz CT molecular complexity index is 682. The van der Waals surface area contributed by atoms with E-state index < -0.39 is 0 Å². The van der Waals surface area contributed by atoms with E-state index in [1.54, 1.807) is 0 Å². The maximum atomic E-state index is 12.9. The van der Waals surface area contributed by atoms with Crippen molar-refractivity contribution < 1.29 is 9.59 Å². The number of piperazine rings is 1. The molecule has 2 amide bonds. The SMILES string of the molecule is Cc1cc(N2CCN(C(=O)[C@@H]3CC(=O)N(C(C)(C)C)C3)CC2)cc(C)n1. The van der Waals surface area contributed by atoms with Crippen molar-refractivity contribution in [2.75, 3.05) is 37.6 Å². The van der Waals surface area contributed by atoms with Crippen LogP contribution in [0.5, 0.6) is 0 Å². The lowest BCUT2D eigenvalue weighted by Gasteiger charge is -2.37. The number of pyridine rings is 1. The zero-order chi connectivity index (χ0) is 19.1. The summed E-state index contributed by atoms with van der Waals surface area (Å²) in [4.78, 5) is 35.7. The van der Waals surface area contributed by atoms with Crippen molar-refractivity contribution in [2.24, 2.45) is 5.92 Å². The number of aryl methyl sites for hydroxylation is 2. The molecule has 3 heterocycles. The molecule has 3 rings (SSSR count). The van der Waals surface area contributed by atoms with Gasteiger partial charge in [0.05, 0.1) is 5.92 Å². The quantitative estimate of drug-likeness (QED) is 0.811. The van der Waals surface area contributed by atoms with Gasteiger partial charge in [-0.1, -0.05) is 0 Å². The van der Waals surface area contributed by atoms with E-state index in [1.807, 2.05) is 44.4 Å². The van der Waals surface area contributed by atoms with Gasteiger partial charge < -0.3 is 14.7 Å². The highest BCUT2D eigenvalue weighted by molar-refractivity contribution is 5.89. The lowest BCUT2D eigenvalue weighted by molar-refractivity contribution is -0.136. The molecule has 6 nitrogen and oxygen atoms in total. The zero-order valence-corrected chi connectivity index (χ0v) is 16.6. The Morgan fingerprint density at radius 1 is 1.08 bits per heavy atom. The first kappa shape index (κ1) is 18.7. The second-order valence-corrected chi connectivity index (χ2v) is 8.50. The van der Waals surface area contributed by atoms with Crippen LogP contribution < -0.4 is 4.90 Å². The van der Waals surface area contributed by atoms with Crippen molar-refractivity contribution in [3.05, 3.63) is 23.5 Å². The van der Waals surface area contributed by atoms with Gasteiger partial charge in [0.15, 0.2) is 0 Å². The van der Waals surface area contributed by atoms with Crippen molar-refractivity contribution in [2.45, 2.75) is 46.6 Å². The number of carbonyl (C=O) groups is 2. The Hall–Kier alpha value is -2.11. The van der Waals surface area contributed by atoms with E-state index in [0.717, 1.165) is 24.5 Å². The molecule has 0 saturated carbocycles. The van der Waals surface area contributed by atoms with Gasteiger partial charge in [-0.3, -0.25) is 14.6 Å². The van der Waals surface area contributed by atoms with Crippen LogP contribution in [0.15, 0.2) is 12.1 Å². The van der Waals surface area contributed by atoms with Crippen LogP contribution in [-0.4, -0.2) is 64.9 Å². The maximum Gasteiger partial charge on any atom is 0.228 e. The number of rotatable bonds is 2. The number of aromatic nitrogens is 1. The molecule has 2 aliphatic rings. The highest BCUT2D eigenvalue weighted by atomic mass is 16.2. The number of carbonyl (C=O) groups excluding carboxylic acids is 2. The van der Waals surface area contributed by atoms with E-state index in [9.17, 15) is 9.59 Å². The second kappa shape index (κ2) is 6.89. The molecule has 0 radical (unpaired) electrons. The van der Waals surface area contributed by atoms with Gasteiger partial charge >= 0.3 is 0 Å². The third-order valence-electron chi connectivity index (χ3n) is 5.31. The zero-order valence-electron chi connectivity index (χ0n) is 16.6. The van der Waals surface area contributed by atoms with E-state index in [2.05, 4.69) is 22.0 Å². The fourth-order valence-corrected chi connectivity index (χ4v) is 3.96. The summed E-state index contributed by atoms with van der Waals surface area (Å²) in [5.41, 5.74) is 2.99.